The molecule has 0 saturated carbocycles. The largest absolute Gasteiger partial charge is 0.330 e. The first-order valence-electron chi connectivity index (χ1n) is 12.4. The lowest BCUT2D eigenvalue weighted by atomic mass is 9.95. The molecule has 0 aliphatic heterocycles. The van der Waals surface area contributed by atoms with Crippen molar-refractivity contribution in [2.24, 2.45) is 0 Å². The van der Waals surface area contributed by atoms with Crippen LogP contribution in [-0.2, 0) is 19.5 Å². The third-order valence-electron chi connectivity index (χ3n) is 6.39. The van der Waals surface area contributed by atoms with Gasteiger partial charge >= 0.3 is 5.69 Å². The van der Waals surface area contributed by atoms with Crippen LogP contribution in [0.15, 0.2) is 70.3 Å². The standard InChI is InChI=1S/C27H28N8O2/c1-3-5-15-22-28-25-23(26(36)29-27(37)34(25)16-6-4-2)35(22)17-18-11-7-8-12-19(18)20-13-9-10-14-21(20)24-30-32-33-31-24/h3,5,7-14H,4,6,15-17H2,1-2H3,(H,29,36,37)(H,30,31,32,33). The lowest BCUT2D eigenvalue weighted by Crippen LogP contribution is -2.31. The smallest absolute Gasteiger partial charge is 0.317 e. The highest BCUT2D eigenvalue weighted by Gasteiger charge is 2.20. The molecule has 2 N–H and O–H groups in total. The number of unbranched alkanes of at least 4 members (excludes halogenated alkanes) is 1. The minimum Gasteiger partial charge on any atom is -0.317 e. The zero-order chi connectivity index (χ0) is 25.8. The average Bonchev–Trinajstić information content (AvgIpc) is 3.57. The summed E-state index contributed by atoms with van der Waals surface area (Å²) < 4.78 is 3.50. The highest BCUT2D eigenvalue weighted by Crippen LogP contribution is 2.33. The Morgan fingerprint density at radius 2 is 1.73 bits per heavy atom. The van der Waals surface area contributed by atoms with Gasteiger partial charge in [0, 0.05) is 18.5 Å². The number of aromatic nitrogens is 8. The second kappa shape index (κ2) is 10.6. The van der Waals surface area contributed by atoms with E-state index < -0.39 is 11.2 Å². The van der Waals surface area contributed by atoms with E-state index in [1.807, 2.05) is 72.2 Å². The number of rotatable bonds is 9. The molecule has 5 aromatic rings. The Labute approximate surface area is 212 Å². The predicted molar refractivity (Wildman–Crippen MR) is 142 cm³/mol. The Morgan fingerprint density at radius 3 is 2.46 bits per heavy atom. The third-order valence-corrected chi connectivity index (χ3v) is 6.39. The van der Waals surface area contributed by atoms with Crippen LogP contribution in [0.4, 0.5) is 0 Å². The summed E-state index contributed by atoms with van der Waals surface area (Å²) in [6.07, 6.45) is 6.22. The van der Waals surface area contributed by atoms with Crippen LogP contribution in [0.25, 0.3) is 33.7 Å². The van der Waals surface area contributed by atoms with E-state index in [9.17, 15) is 9.59 Å². The van der Waals surface area contributed by atoms with Crippen molar-refractivity contribution >= 4 is 11.2 Å². The fourth-order valence-corrected chi connectivity index (χ4v) is 4.57. The zero-order valence-electron chi connectivity index (χ0n) is 20.8. The number of H-pyrrole nitrogens is 2. The molecule has 0 amide bonds. The van der Waals surface area contributed by atoms with E-state index >= 15 is 0 Å². The molecule has 0 radical (unpaired) electrons. The van der Waals surface area contributed by atoms with Crippen molar-refractivity contribution in [2.45, 2.75) is 46.2 Å². The Bertz CT molecular complexity index is 1680. The SMILES string of the molecule is CC=CCc1nc2c(c(=O)[nH]c(=O)n2CCCC)n1Cc1ccccc1-c1ccccc1-c1nn[nH]n1. The topological polar surface area (TPSA) is 127 Å². The fourth-order valence-electron chi connectivity index (χ4n) is 4.57. The van der Waals surface area contributed by atoms with Crippen LogP contribution in [0.5, 0.6) is 0 Å². The molecular weight excluding hydrogens is 468 g/mol. The molecule has 5 rings (SSSR count). The van der Waals surface area contributed by atoms with Crippen LogP contribution in [0.2, 0.25) is 0 Å². The molecule has 10 heteroatoms. The van der Waals surface area contributed by atoms with Crippen molar-refractivity contribution in [2.75, 3.05) is 0 Å². The van der Waals surface area contributed by atoms with Gasteiger partial charge in [-0.2, -0.15) is 5.21 Å². The normalized spacial score (nSPS) is 11.6. The molecule has 0 saturated heterocycles. The second-order valence-corrected chi connectivity index (χ2v) is 8.76. The first-order valence-corrected chi connectivity index (χ1v) is 12.4. The lowest BCUT2D eigenvalue weighted by Gasteiger charge is -2.15. The molecule has 2 aromatic carbocycles. The number of benzene rings is 2. The Hall–Kier alpha value is -4.60. The third kappa shape index (κ3) is 4.65. The minimum absolute atomic E-state index is 0.398. The number of fused-ring (bicyclic) bond motifs is 1. The van der Waals surface area contributed by atoms with Gasteiger partial charge in [-0.1, -0.05) is 74.0 Å². The number of aryl methyl sites for hydroxylation is 1. The molecule has 0 fully saturated rings. The fraction of sp³-hybridized carbons (Fsp3) is 0.259. The van der Waals surface area contributed by atoms with E-state index in [0.29, 0.717) is 36.5 Å². The molecule has 0 spiro atoms. The number of nitrogens with one attached hydrogen (secondary N) is 2. The molecule has 188 valence electrons. The van der Waals surface area contributed by atoms with Crippen molar-refractivity contribution in [3.63, 3.8) is 0 Å². The number of nitrogens with zero attached hydrogens (tertiary/aromatic N) is 6. The van der Waals surface area contributed by atoms with Gasteiger partial charge in [-0.05, 0) is 35.2 Å². The molecule has 0 bridgehead atoms. The van der Waals surface area contributed by atoms with E-state index in [1.54, 1.807) is 4.57 Å². The van der Waals surface area contributed by atoms with Crippen molar-refractivity contribution in [1.29, 1.82) is 0 Å². The van der Waals surface area contributed by atoms with Crippen LogP contribution < -0.4 is 11.2 Å². The Balaban J connectivity index is 1.69. The molecule has 3 heterocycles. The quantitative estimate of drug-likeness (QED) is 0.300. The van der Waals surface area contributed by atoms with E-state index in [-0.39, 0.29) is 0 Å². The number of imidazole rings is 1. The summed E-state index contributed by atoms with van der Waals surface area (Å²) in [5, 5.41) is 14.6. The number of hydrogen-bond donors (Lipinski definition) is 2. The lowest BCUT2D eigenvalue weighted by molar-refractivity contribution is 0.613. The predicted octanol–water partition coefficient (Wildman–Crippen LogP) is 3.70. The highest BCUT2D eigenvalue weighted by molar-refractivity contribution is 5.82. The van der Waals surface area contributed by atoms with Crippen LogP contribution in [0, 0.1) is 0 Å². The van der Waals surface area contributed by atoms with Gasteiger partial charge in [0.2, 0.25) is 5.82 Å². The van der Waals surface area contributed by atoms with Gasteiger partial charge in [0.15, 0.2) is 11.2 Å². The first kappa shape index (κ1) is 24.1. The maximum absolute atomic E-state index is 13.1. The van der Waals surface area contributed by atoms with Gasteiger partial charge < -0.3 is 4.57 Å². The molecule has 0 aliphatic rings. The van der Waals surface area contributed by atoms with Crippen molar-refractivity contribution in [3.05, 3.63) is 92.9 Å². The molecule has 0 aliphatic carbocycles. The number of tetrazole rings is 1. The van der Waals surface area contributed by atoms with Crippen LogP contribution >= 0.6 is 0 Å². The van der Waals surface area contributed by atoms with Gasteiger partial charge in [0.25, 0.3) is 5.56 Å². The van der Waals surface area contributed by atoms with Crippen molar-refractivity contribution in [3.8, 4) is 22.5 Å². The summed E-state index contributed by atoms with van der Waals surface area (Å²) in [4.78, 5) is 33.1. The van der Waals surface area contributed by atoms with Crippen molar-refractivity contribution in [1.82, 2.24) is 39.7 Å². The number of aromatic amines is 2. The minimum atomic E-state index is -0.434. The molecule has 3 aromatic heterocycles. The van der Waals surface area contributed by atoms with Crippen molar-refractivity contribution < 1.29 is 0 Å². The van der Waals surface area contributed by atoms with Crippen LogP contribution in [0.3, 0.4) is 0 Å². The summed E-state index contributed by atoms with van der Waals surface area (Å²) in [5.41, 5.74) is 3.73. The highest BCUT2D eigenvalue weighted by atomic mass is 16.2. The van der Waals surface area contributed by atoms with Gasteiger partial charge in [0.1, 0.15) is 5.82 Å². The van der Waals surface area contributed by atoms with Gasteiger partial charge in [-0.25, -0.2) is 9.78 Å². The second-order valence-electron chi connectivity index (χ2n) is 8.76. The Kier molecular flexibility index (Phi) is 6.89. The zero-order valence-corrected chi connectivity index (χ0v) is 20.8. The molecule has 37 heavy (non-hydrogen) atoms. The summed E-state index contributed by atoms with van der Waals surface area (Å²) in [5.74, 6) is 1.22. The monoisotopic (exact) mass is 496 g/mol. The molecule has 0 atom stereocenters. The van der Waals surface area contributed by atoms with E-state index in [0.717, 1.165) is 40.9 Å². The maximum atomic E-state index is 13.1. The van der Waals surface area contributed by atoms with E-state index in [2.05, 4.69) is 32.5 Å². The summed E-state index contributed by atoms with van der Waals surface area (Å²) in [7, 11) is 0. The summed E-state index contributed by atoms with van der Waals surface area (Å²) >= 11 is 0. The molecular formula is C27H28N8O2. The van der Waals surface area contributed by atoms with Crippen LogP contribution in [-0.4, -0.2) is 39.7 Å². The molecule has 10 nitrogen and oxygen atoms in total. The summed E-state index contributed by atoms with van der Waals surface area (Å²) in [6.45, 7) is 4.90. The van der Waals surface area contributed by atoms with Crippen LogP contribution in [0.1, 0.15) is 38.1 Å². The first-order chi connectivity index (χ1) is 18.1. The average molecular weight is 497 g/mol. The number of hydrogen-bond acceptors (Lipinski definition) is 6. The van der Waals surface area contributed by atoms with Gasteiger partial charge in [-0.3, -0.25) is 14.3 Å². The maximum Gasteiger partial charge on any atom is 0.330 e. The molecule has 0 unspecified atom stereocenters. The number of allylic oxidation sites excluding steroid dienone is 2. The van der Waals surface area contributed by atoms with E-state index in [1.165, 1.54) is 0 Å². The summed E-state index contributed by atoms with van der Waals surface area (Å²) in [6, 6.07) is 15.9. The van der Waals surface area contributed by atoms with Gasteiger partial charge in [0.05, 0.1) is 6.54 Å². The Morgan fingerprint density at radius 1 is 0.973 bits per heavy atom. The van der Waals surface area contributed by atoms with E-state index in [4.69, 9.17) is 4.98 Å². The van der Waals surface area contributed by atoms with Gasteiger partial charge in [-0.15, -0.1) is 10.2 Å².